The Morgan fingerprint density at radius 2 is 1.94 bits per heavy atom. The van der Waals surface area contributed by atoms with Crippen molar-refractivity contribution < 1.29 is 22.2 Å². The summed E-state index contributed by atoms with van der Waals surface area (Å²) in [7, 11) is -0.0415. The van der Waals surface area contributed by atoms with Gasteiger partial charge in [0.2, 0.25) is 0 Å². The van der Waals surface area contributed by atoms with Crippen molar-refractivity contribution in [3.8, 4) is 0 Å². The fourth-order valence-electron chi connectivity index (χ4n) is 1.30. The van der Waals surface area contributed by atoms with Crippen molar-refractivity contribution in [2.45, 2.75) is 12.8 Å². The van der Waals surface area contributed by atoms with Gasteiger partial charge in [-0.3, -0.25) is 9.35 Å². The second kappa shape index (κ2) is 6.12. The van der Waals surface area contributed by atoms with Gasteiger partial charge in [0.05, 0.1) is 39.4 Å². The molecule has 0 aromatic rings. The average molecular weight is 250 g/mol. The van der Waals surface area contributed by atoms with Crippen LogP contribution in [0.15, 0.2) is 12.7 Å². The highest BCUT2D eigenvalue weighted by atomic mass is 32.2. The standard InChI is InChI=1S/C10H19NO4S/c1-4-10(12)6-8-11(2,3)7-5-9-16(13,14)15/h4H,1,5-9H2,2-3H3/p+1. The molecule has 0 aromatic carbocycles. The van der Waals surface area contributed by atoms with Crippen molar-refractivity contribution in [3.05, 3.63) is 12.7 Å². The highest BCUT2D eigenvalue weighted by Gasteiger charge is 2.17. The number of nitrogens with zero attached hydrogens (tertiary/aromatic N) is 1. The van der Waals surface area contributed by atoms with Crippen LogP contribution in [0.4, 0.5) is 0 Å². The van der Waals surface area contributed by atoms with Crippen LogP contribution >= 0.6 is 0 Å². The van der Waals surface area contributed by atoms with Crippen LogP contribution in [0.2, 0.25) is 0 Å². The van der Waals surface area contributed by atoms with Crippen molar-refractivity contribution in [3.63, 3.8) is 0 Å². The number of quaternary nitrogens is 1. The average Bonchev–Trinajstić information content (AvgIpc) is 2.12. The summed E-state index contributed by atoms with van der Waals surface area (Å²) in [5.74, 6) is -0.245. The van der Waals surface area contributed by atoms with Crippen LogP contribution < -0.4 is 0 Å². The van der Waals surface area contributed by atoms with Crippen molar-refractivity contribution in [2.24, 2.45) is 0 Å². The fraction of sp³-hybridized carbons (Fsp3) is 0.700. The fourth-order valence-corrected chi connectivity index (χ4v) is 1.80. The van der Waals surface area contributed by atoms with Gasteiger partial charge in [-0.2, -0.15) is 8.42 Å². The number of hydrogen-bond donors (Lipinski definition) is 1. The third-order valence-corrected chi connectivity index (χ3v) is 3.16. The minimum Gasteiger partial charge on any atom is -0.328 e. The van der Waals surface area contributed by atoms with Crippen LogP contribution in [0.5, 0.6) is 0 Å². The molecule has 0 saturated heterocycles. The summed E-state index contributed by atoms with van der Waals surface area (Å²) in [6, 6.07) is 0. The van der Waals surface area contributed by atoms with Gasteiger partial charge in [-0.25, -0.2) is 0 Å². The molecule has 0 rings (SSSR count). The Hall–Kier alpha value is -0.720. The number of carbonyl (C=O) groups is 1. The maximum atomic E-state index is 11.0. The van der Waals surface area contributed by atoms with Crippen LogP contribution in [-0.2, 0) is 14.9 Å². The molecule has 0 aliphatic rings. The molecule has 0 atom stereocenters. The summed E-state index contributed by atoms with van der Waals surface area (Å²) >= 11 is 0. The Morgan fingerprint density at radius 1 is 1.38 bits per heavy atom. The molecule has 0 fully saturated rings. The van der Waals surface area contributed by atoms with E-state index in [9.17, 15) is 13.2 Å². The molecule has 0 radical (unpaired) electrons. The van der Waals surface area contributed by atoms with Crippen LogP contribution in [-0.4, -0.2) is 56.2 Å². The predicted octanol–water partition coefficient (Wildman–Crippen LogP) is 0.486. The highest BCUT2D eigenvalue weighted by Crippen LogP contribution is 2.03. The van der Waals surface area contributed by atoms with Crippen LogP contribution in [0.3, 0.4) is 0 Å². The van der Waals surface area contributed by atoms with Gasteiger partial charge < -0.3 is 4.48 Å². The molecule has 0 saturated carbocycles. The van der Waals surface area contributed by atoms with Gasteiger partial charge in [-0.05, 0) is 6.08 Å². The van der Waals surface area contributed by atoms with E-state index in [1.165, 1.54) is 6.08 Å². The SMILES string of the molecule is C=CC(=O)CC[N+](C)(C)CCCS(=O)(=O)O. The third-order valence-electron chi connectivity index (χ3n) is 2.36. The summed E-state index contributed by atoms with van der Waals surface area (Å²) < 4.78 is 30.1. The number of carbonyl (C=O) groups excluding carboxylic acids is 1. The van der Waals surface area contributed by atoms with E-state index >= 15 is 0 Å². The van der Waals surface area contributed by atoms with Crippen molar-refractivity contribution in [2.75, 3.05) is 32.9 Å². The molecule has 6 heteroatoms. The van der Waals surface area contributed by atoms with Crippen molar-refractivity contribution in [1.29, 1.82) is 0 Å². The lowest BCUT2D eigenvalue weighted by Gasteiger charge is -2.29. The molecule has 0 aliphatic carbocycles. The lowest BCUT2D eigenvalue weighted by molar-refractivity contribution is -0.889. The van der Waals surface area contributed by atoms with Crippen molar-refractivity contribution in [1.82, 2.24) is 0 Å². The van der Waals surface area contributed by atoms with Crippen LogP contribution in [0, 0.1) is 0 Å². The van der Waals surface area contributed by atoms with Gasteiger partial charge in [-0.15, -0.1) is 0 Å². The zero-order valence-electron chi connectivity index (χ0n) is 9.85. The largest absolute Gasteiger partial charge is 0.328 e. The third kappa shape index (κ3) is 8.58. The zero-order valence-corrected chi connectivity index (χ0v) is 10.7. The van der Waals surface area contributed by atoms with E-state index in [0.29, 0.717) is 30.4 Å². The first-order valence-electron chi connectivity index (χ1n) is 5.09. The topological polar surface area (TPSA) is 71.4 Å². The van der Waals surface area contributed by atoms with Crippen LogP contribution in [0.1, 0.15) is 12.8 Å². The van der Waals surface area contributed by atoms with Gasteiger partial charge in [0, 0.05) is 6.42 Å². The molecule has 0 heterocycles. The molecule has 0 unspecified atom stereocenters. The molecular formula is C10H20NO4S+. The summed E-state index contributed by atoms with van der Waals surface area (Å²) in [5.41, 5.74) is 0. The van der Waals surface area contributed by atoms with Crippen LogP contribution in [0.25, 0.3) is 0 Å². The van der Waals surface area contributed by atoms with E-state index in [-0.39, 0.29) is 11.5 Å². The Bertz CT molecular complexity index is 346. The molecule has 94 valence electrons. The normalized spacial score (nSPS) is 12.4. The summed E-state index contributed by atoms with van der Waals surface area (Å²) in [4.78, 5) is 11.0. The lowest BCUT2D eigenvalue weighted by Crippen LogP contribution is -2.42. The van der Waals surface area contributed by atoms with Gasteiger partial charge in [0.15, 0.2) is 5.78 Å². The van der Waals surface area contributed by atoms with E-state index in [1.807, 2.05) is 14.1 Å². The van der Waals surface area contributed by atoms with Gasteiger partial charge >= 0.3 is 0 Å². The first kappa shape index (κ1) is 15.3. The minimum absolute atomic E-state index is 0.0130. The molecule has 0 spiro atoms. The lowest BCUT2D eigenvalue weighted by atomic mass is 10.2. The molecule has 0 bridgehead atoms. The Labute approximate surface area is 97.1 Å². The first-order valence-corrected chi connectivity index (χ1v) is 6.70. The highest BCUT2D eigenvalue weighted by molar-refractivity contribution is 7.85. The second-order valence-corrected chi connectivity index (χ2v) is 6.02. The van der Waals surface area contributed by atoms with Crippen molar-refractivity contribution >= 4 is 15.9 Å². The van der Waals surface area contributed by atoms with E-state index < -0.39 is 10.1 Å². The molecule has 0 aromatic heterocycles. The predicted molar refractivity (Wildman–Crippen MR) is 62.7 cm³/mol. The van der Waals surface area contributed by atoms with E-state index in [1.54, 1.807) is 0 Å². The monoisotopic (exact) mass is 250 g/mol. The number of ketones is 1. The van der Waals surface area contributed by atoms with E-state index in [4.69, 9.17) is 4.55 Å². The number of allylic oxidation sites excluding steroid dienone is 1. The summed E-state index contributed by atoms with van der Waals surface area (Å²) in [6.07, 6.45) is 2.08. The molecular weight excluding hydrogens is 230 g/mol. The molecule has 0 aliphatic heterocycles. The number of rotatable bonds is 8. The maximum Gasteiger partial charge on any atom is 0.265 e. The zero-order chi connectivity index (χ0) is 12.8. The summed E-state index contributed by atoms with van der Waals surface area (Å²) in [6.45, 7) is 4.62. The molecule has 16 heavy (non-hydrogen) atoms. The van der Waals surface area contributed by atoms with E-state index in [2.05, 4.69) is 6.58 Å². The Kier molecular flexibility index (Phi) is 5.85. The maximum absolute atomic E-state index is 11.0. The van der Waals surface area contributed by atoms with E-state index in [0.717, 1.165) is 0 Å². The second-order valence-electron chi connectivity index (χ2n) is 4.44. The molecule has 0 amide bonds. The molecule has 5 nitrogen and oxygen atoms in total. The Morgan fingerprint density at radius 3 is 2.38 bits per heavy atom. The summed E-state index contributed by atoms with van der Waals surface area (Å²) in [5, 5.41) is 0. The quantitative estimate of drug-likeness (QED) is 0.386. The Balaban J connectivity index is 3.96. The molecule has 1 N–H and O–H groups in total. The number of hydrogen-bond acceptors (Lipinski definition) is 3. The van der Waals surface area contributed by atoms with Gasteiger partial charge in [0.1, 0.15) is 0 Å². The smallest absolute Gasteiger partial charge is 0.265 e. The van der Waals surface area contributed by atoms with Gasteiger partial charge in [-0.1, -0.05) is 6.58 Å². The minimum atomic E-state index is -3.88. The first-order chi connectivity index (χ1) is 7.16. The van der Waals surface area contributed by atoms with Gasteiger partial charge in [0.25, 0.3) is 10.1 Å².